The van der Waals surface area contributed by atoms with Gasteiger partial charge in [-0.2, -0.15) is 0 Å². The van der Waals surface area contributed by atoms with E-state index in [4.69, 9.17) is 0 Å². The van der Waals surface area contributed by atoms with Crippen LogP contribution in [0.4, 0.5) is 5.69 Å². The minimum atomic E-state index is -0.861. The summed E-state index contributed by atoms with van der Waals surface area (Å²) in [5, 5.41) is 12.9. The van der Waals surface area contributed by atoms with Crippen LogP contribution in [0.3, 0.4) is 0 Å². The molecule has 0 bridgehead atoms. The molecule has 1 fully saturated rings. The largest absolute Gasteiger partial charge is 0.481 e. The molecule has 146 valence electrons. The number of carboxylic acids is 1. The molecule has 1 saturated carbocycles. The van der Waals surface area contributed by atoms with Gasteiger partial charge in [0, 0.05) is 18.7 Å². The maximum Gasteiger partial charge on any atom is 0.303 e. The normalized spacial score (nSPS) is 24.1. The van der Waals surface area contributed by atoms with E-state index in [9.17, 15) is 19.5 Å². The number of amides is 1. The number of carbonyl (C=O) groups is 3. The fourth-order valence-electron chi connectivity index (χ4n) is 4.73. The molecule has 1 aliphatic heterocycles. The van der Waals surface area contributed by atoms with Gasteiger partial charge in [-0.05, 0) is 44.2 Å². The summed E-state index contributed by atoms with van der Waals surface area (Å²) < 4.78 is 0. The zero-order chi connectivity index (χ0) is 19.7. The number of fused-ring (bicyclic) bond motifs is 1. The van der Waals surface area contributed by atoms with Crippen molar-refractivity contribution >= 4 is 23.3 Å². The first-order valence-corrected chi connectivity index (χ1v) is 9.65. The van der Waals surface area contributed by atoms with Crippen molar-refractivity contribution in [2.24, 2.45) is 5.41 Å². The average molecular weight is 372 g/mol. The summed E-state index contributed by atoms with van der Waals surface area (Å²) in [6, 6.07) is 7.29. The zero-order valence-corrected chi connectivity index (χ0v) is 16.1. The molecule has 3 rings (SSSR count). The number of ketones is 1. The van der Waals surface area contributed by atoms with Gasteiger partial charge < -0.3 is 15.3 Å². The predicted octanol–water partition coefficient (Wildman–Crippen LogP) is 3.67. The van der Waals surface area contributed by atoms with Crippen LogP contribution in [-0.4, -0.2) is 39.9 Å². The first-order chi connectivity index (χ1) is 12.7. The standard InChI is InChI=1S/C21H28N2O4/c1-15(24)12-20(2)22-17-9-5-4-8-16(17)19(27)23(20)14-21(13-18(25)26)10-6-3-7-11-21/h4-5,8-9,22H,3,6-7,10-14H2,1-2H3,(H,25,26). The second-order valence-electron chi connectivity index (χ2n) is 8.35. The molecular weight excluding hydrogens is 344 g/mol. The summed E-state index contributed by atoms with van der Waals surface area (Å²) in [5.74, 6) is -0.982. The van der Waals surface area contributed by atoms with Gasteiger partial charge in [0.05, 0.1) is 12.0 Å². The Morgan fingerprint density at radius 1 is 1.15 bits per heavy atom. The van der Waals surface area contributed by atoms with Crippen molar-refractivity contribution in [3.63, 3.8) is 0 Å². The maximum atomic E-state index is 13.3. The zero-order valence-electron chi connectivity index (χ0n) is 16.1. The molecule has 1 unspecified atom stereocenters. The minimum Gasteiger partial charge on any atom is -0.481 e. The molecule has 0 aromatic heterocycles. The van der Waals surface area contributed by atoms with E-state index in [1.54, 1.807) is 11.0 Å². The van der Waals surface area contributed by atoms with Crippen LogP contribution in [-0.2, 0) is 9.59 Å². The van der Waals surface area contributed by atoms with Gasteiger partial charge in [0.2, 0.25) is 0 Å². The molecule has 1 aromatic carbocycles. The van der Waals surface area contributed by atoms with Crippen LogP contribution in [0.15, 0.2) is 24.3 Å². The highest BCUT2D eigenvalue weighted by Crippen LogP contribution is 2.43. The molecule has 2 aliphatic rings. The maximum absolute atomic E-state index is 13.3. The molecule has 2 N–H and O–H groups in total. The van der Waals surface area contributed by atoms with E-state index in [0.29, 0.717) is 12.1 Å². The third kappa shape index (κ3) is 3.99. The molecule has 0 saturated heterocycles. The SMILES string of the molecule is CC(=O)CC1(C)Nc2ccccc2C(=O)N1CC1(CC(=O)O)CCCCC1. The van der Waals surface area contributed by atoms with Crippen LogP contribution in [0.25, 0.3) is 0 Å². The van der Waals surface area contributed by atoms with Gasteiger partial charge in [-0.3, -0.25) is 14.4 Å². The summed E-state index contributed by atoms with van der Waals surface area (Å²) in [4.78, 5) is 38.6. The number of carbonyl (C=O) groups excluding carboxylic acids is 2. The Hall–Kier alpha value is -2.37. The molecule has 6 heteroatoms. The minimum absolute atomic E-state index is 0.0156. The first kappa shape index (κ1) is 19.4. The number of nitrogens with one attached hydrogen (secondary N) is 1. The van der Waals surface area contributed by atoms with Crippen LogP contribution in [0.5, 0.6) is 0 Å². The highest BCUT2D eigenvalue weighted by molar-refractivity contribution is 6.02. The second-order valence-corrected chi connectivity index (χ2v) is 8.35. The smallest absolute Gasteiger partial charge is 0.303 e. The van der Waals surface area contributed by atoms with E-state index in [0.717, 1.165) is 37.8 Å². The van der Waals surface area contributed by atoms with Gasteiger partial charge in [0.25, 0.3) is 5.91 Å². The van der Waals surface area contributed by atoms with Crippen molar-refractivity contribution < 1.29 is 19.5 Å². The Kier molecular flexibility index (Phi) is 5.27. The number of hydrogen-bond donors (Lipinski definition) is 2. The lowest BCUT2D eigenvalue weighted by atomic mass is 9.70. The molecule has 27 heavy (non-hydrogen) atoms. The molecular formula is C21H28N2O4. The second kappa shape index (κ2) is 7.33. The van der Waals surface area contributed by atoms with Gasteiger partial charge in [-0.1, -0.05) is 31.4 Å². The predicted molar refractivity (Wildman–Crippen MR) is 103 cm³/mol. The third-order valence-electron chi connectivity index (χ3n) is 5.93. The van der Waals surface area contributed by atoms with Crippen molar-refractivity contribution in [1.29, 1.82) is 0 Å². The highest BCUT2D eigenvalue weighted by atomic mass is 16.4. The lowest BCUT2D eigenvalue weighted by molar-refractivity contribution is -0.141. The topological polar surface area (TPSA) is 86.7 Å². The number of hydrogen-bond acceptors (Lipinski definition) is 4. The van der Waals surface area contributed by atoms with Crippen molar-refractivity contribution in [3.05, 3.63) is 29.8 Å². The van der Waals surface area contributed by atoms with E-state index in [-0.39, 0.29) is 24.5 Å². The summed E-state index contributed by atoms with van der Waals surface area (Å²) in [7, 11) is 0. The summed E-state index contributed by atoms with van der Waals surface area (Å²) >= 11 is 0. The molecule has 1 heterocycles. The number of anilines is 1. The average Bonchev–Trinajstić information content (AvgIpc) is 2.58. The number of para-hydroxylation sites is 1. The first-order valence-electron chi connectivity index (χ1n) is 9.65. The van der Waals surface area contributed by atoms with Crippen LogP contribution >= 0.6 is 0 Å². The van der Waals surface area contributed by atoms with Crippen LogP contribution < -0.4 is 5.32 Å². The van der Waals surface area contributed by atoms with Gasteiger partial charge >= 0.3 is 5.97 Å². The van der Waals surface area contributed by atoms with Gasteiger partial charge in [-0.25, -0.2) is 0 Å². The number of Topliss-reactive ketones (excluding diaryl/α,β-unsaturated/α-hetero) is 1. The Morgan fingerprint density at radius 3 is 2.44 bits per heavy atom. The molecule has 1 atom stereocenters. The lowest BCUT2D eigenvalue weighted by Crippen LogP contribution is -2.61. The van der Waals surface area contributed by atoms with E-state index in [1.165, 1.54) is 6.92 Å². The Balaban J connectivity index is 1.99. The van der Waals surface area contributed by atoms with Gasteiger partial charge in [0.1, 0.15) is 11.4 Å². The number of benzene rings is 1. The van der Waals surface area contributed by atoms with Crippen LogP contribution in [0.1, 0.15) is 69.2 Å². The molecule has 0 spiro atoms. The van der Waals surface area contributed by atoms with E-state index < -0.39 is 17.0 Å². The molecule has 1 aromatic rings. The van der Waals surface area contributed by atoms with E-state index in [1.807, 2.05) is 25.1 Å². The Bertz CT molecular complexity index is 754. The Labute approximate surface area is 159 Å². The van der Waals surface area contributed by atoms with Gasteiger partial charge in [-0.15, -0.1) is 0 Å². The molecule has 1 amide bonds. The number of rotatable bonds is 6. The fourth-order valence-corrected chi connectivity index (χ4v) is 4.73. The quantitative estimate of drug-likeness (QED) is 0.795. The number of aliphatic carboxylic acids is 1. The lowest BCUT2D eigenvalue weighted by Gasteiger charge is -2.50. The van der Waals surface area contributed by atoms with Gasteiger partial charge in [0.15, 0.2) is 0 Å². The molecule has 6 nitrogen and oxygen atoms in total. The third-order valence-corrected chi connectivity index (χ3v) is 5.93. The van der Waals surface area contributed by atoms with Crippen molar-refractivity contribution in [2.75, 3.05) is 11.9 Å². The van der Waals surface area contributed by atoms with Crippen molar-refractivity contribution in [3.8, 4) is 0 Å². The van der Waals surface area contributed by atoms with E-state index in [2.05, 4.69) is 5.32 Å². The number of carboxylic acid groups (broad SMARTS) is 1. The van der Waals surface area contributed by atoms with Crippen molar-refractivity contribution in [2.45, 2.75) is 64.5 Å². The molecule has 0 radical (unpaired) electrons. The highest BCUT2D eigenvalue weighted by Gasteiger charge is 2.46. The van der Waals surface area contributed by atoms with Crippen molar-refractivity contribution in [1.82, 2.24) is 4.90 Å². The summed E-state index contributed by atoms with van der Waals surface area (Å²) in [5.41, 5.74) is -0.00959. The van der Waals surface area contributed by atoms with E-state index >= 15 is 0 Å². The number of nitrogens with zero attached hydrogens (tertiary/aromatic N) is 1. The summed E-state index contributed by atoms with van der Waals surface area (Å²) in [6.07, 6.45) is 4.86. The van der Waals surface area contributed by atoms with Crippen LogP contribution in [0.2, 0.25) is 0 Å². The fraction of sp³-hybridized carbons (Fsp3) is 0.571. The summed E-state index contributed by atoms with van der Waals surface area (Å²) in [6.45, 7) is 3.73. The monoisotopic (exact) mass is 372 g/mol. The molecule has 1 aliphatic carbocycles. The van der Waals surface area contributed by atoms with Crippen LogP contribution in [0, 0.1) is 5.41 Å². The Morgan fingerprint density at radius 2 is 1.81 bits per heavy atom.